The largest absolute Gasteiger partial charge is 0.352 e. The molecular formula is C17H18N8O. The molecule has 4 rings (SSSR count). The van der Waals surface area contributed by atoms with Crippen LogP contribution in [0.3, 0.4) is 0 Å². The van der Waals surface area contributed by atoms with Gasteiger partial charge in [-0.2, -0.15) is 10.4 Å². The lowest BCUT2D eigenvalue weighted by Crippen LogP contribution is -2.35. The predicted molar refractivity (Wildman–Crippen MR) is 93.6 cm³/mol. The first-order valence-corrected chi connectivity index (χ1v) is 8.43. The van der Waals surface area contributed by atoms with Crippen molar-refractivity contribution in [2.45, 2.75) is 6.42 Å². The second-order valence-corrected chi connectivity index (χ2v) is 6.21. The zero-order valence-corrected chi connectivity index (χ0v) is 14.4. The third-order valence-corrected chi connectivity index (χ3v) is 4.63. The Morgan fingerprint density at radius 1 is 1.15 bits per heavy atom. The summed E-state index contributed by atoms with van der Waals surface area (Å²) < 4.78 is 3.60. The molecule has 0 spiro atoms. The van der Waals surface area contributed by atoms with E-state index in [0.29, 0.717) is 36.7 Å². The number of hydrogen-bond donors (Lipinski definition) is 0. The molecule has 0 radical (unpaired) electrons. The van der Waals surface area contributed by atoms with Gasteiger partial charge >= 0.3 is 0 Å². The maximum Gasteiger partial charge on any atom is 0.259 e. The highest BCUT2D eigenvalue weighted by Crippen LogP contribution is 2.19. The Bertz CT molecular complexity index is 998. The van der Waals surface area contributed by atoms with E-state index >= 15 is 0 Å². The summed E-state index contributed by atoms with van der Waals surface area (Å²) in [6, 6.07) is 2.08. The van der Waals surface area contributed by atoms with Gasteiger partial charge in [0.05, 0.1) is 6.20 Å². The number of fused-ring (bicyclic) bond motifs is 1. The van der Waals surface area contributed by atoms with Crippen LogP contribution in [-0.2, 0) is 7.05 Å². The Labute approximate surface area is 150 Å². The molecule has 3 aromatic rings. The summed E-state index contributed by atoms with van der Waals surface area (Å²) in [5, 5.41) is 13.5. The number of aryl methyl sites for hydroxylation is 1. The molecule has 0 aliphatic carbocycles. The standard InChI is InChI=1S/C17H18N8O/c1-22-7-10-25-16(22)13(12-21-25)17(26)24-6-2-5-23(8-9-24)15-14(11-18)19-3-4-20-15/h3-4,7,10,12H,2,5-6,8-9H2,1H3. The fourth-order valence-electron chi connectivity index (χ4n) is 3.34. The molecule has 1 amide bonds. The first-order valence-electron chi connectivity index (χ1n) is 8.43. The first-order chi connectivity index (χ1) is 12.7. The fraction of sp³-hybridized carbons (Fsp3) is 0.353. The fourth-order valence-corrected chi connectivity index (χ4v) is 3.34. The quantitative estimate of drug-likeness (QED) is 0.675. The molecule has 0 N–H and O–H groups in total. The highest BCUT2D eigenvalue weighted by Gasteiger charge is 2.25. The van der Waals surface area contributed by atoms with Crippen LogP contribution in [0.5, 0.6) is 0 Å². The monoisotopic (exact) mass is 350 g/mol. The number of nitriles is 1. The van der Waals surface area contributed by atoms with Gasteiger partial charge in [0.2, 0.25) is 0 Å². The van der Waals surface area contributed by atoms with Crippen molar-refractivity contribution in [2.24, 2.45) is 7.05 Å². The van der Waals surface area contributed by atoms with Crippen molar-refractivity contribution in [3.63, 3.8) is 0 Å². The van der Waals surface area contributed by atoms with Gasteiger partial charge in [0, 0.05) is 58.0 Å². The number of amides is 1. The Kier molecular flexibility index (Phi) is 4.01. The molecule has 132 valence electrons. The van der Waals surface area contributed by atoms with Gasteiger partial charge in [-0.1, -0.05) is 0 Å². The van der Waals surface area contributed by atoms with Crippen LogP contribution in [0.25, 0.3) is 5.65 Å². The number of hydrogen-bond acceptors (Lipinski definition) is 6. The molecule has 9 nitrogen and oxygen atoms in total. The molecule has 4 heterocycles. The van der Waals surface area contributed by atoms with Crippen LogP contribution in [0.15, 0.2) is 31.0 Å². The van der Waals surface area contributed by atoms with Crippen LogP contribution in [0, 0.1) is 11.3 Å². The van der Waals surface area contributed by atoms with Crippen molar-refractivity contribution < 1.29 is 4.79 Å². The van der Waals surface area contributed by atoms with E-state index in [1.807, 2.05) is 33.8 Å². The number of nitrogens with zero attached hydrogens (tertiary/aromatic N) is 8. The summed E-state index contributed by atoms with van der Waals surface area (Å²) in [4.78, 5) is 25.2. The highest BCUT2D eigenvalue weighted by atomic mass is 16.2. The van der Waals surface area contributed by atoms with E-state index in [0.717, 1.165) is 18.6 Å². The number of imidazole rings is 1. The topological polar surface area (TPSA) is 95.3 Å². The molecule has 26 heavy (non-hydrogen) atoms. The maximum atomic E-state index is 13.0. The van der Waals surface area contributed by atoms with E-state index in [9.17, 15) is 10.1 Å². The van der Waals surface area contributed by atoms with E-state index in [1.54, 1.807) is 16.9 Å². The summed E-state index contributed by atoms with van der Waals surface area (Å²) in [7, 11) is 1.90. The van der Waals surface area contributed by atoms with Crippen LogP contribution in [-0.4, -0.2) is 61.1 Å². The molecule has 3 aromatic heterocycles. The number of anilines is 1. The van der Waals surface area contributed by atoms with E-state index in [1.165, 1.54) is 6.20 Å². The van der Waals surface area contributed by atoms with Crippen molar-refractivity contribution in [3.05, 3.63) is 42.2 Å². The third-order valence-electron chi connectivity index (χ3n) is 4.63. The minimum Gasteiger partial charge on any atom is -0.352 e. The van der Waals surface area contributed by atoms with Gasteiger partial charge in [-0.3, -0.25) is 4.79 Å². The van der Waals surface area contributed by atoms with Crippen LogP contribution < -0.4 is 4.90 Å². The van der Waals surface area contributed by atoms with Crippen molar-refractivity contribution in [1.29, 1.82) is 5.26 Å². The van der Waals surface area contributed by atoms with Crippen LogP contribution >= 0.6 is 0 Å². The Morgan fingerprint density at radius 2 is 2.00 bits per heavy atom. The molecule has 0 aromatic carbocycles. The molecule has 0 bridgehead atoms. The van der Waals surface area contributed by atoms with E-state index in [2.05, 4.69) is 21.1 Å². The van der Waals surface area contributed by atoms with Crippen molar-refractivity contribution in [3.8, 4) is 6.07 Å². The molecule has 1 saturated heterocycles. The zero-order valence-electron chi connectivity index (χ0n) is 14.4. The van der Waals surface area contributed by atoms with Gasteiger partial charge in [0.25, 0.3) is 5.91 Å². The Hall–Kier alpha value is -3.41. The number of rotatable bonds is 2. The SMILES string of the molecule is Cn1ccn2ncc(C(=O)N3CCCN(c4nccnc4C#N)CC3)c12. The highest BCUT2D eigenvalue weighted by molar-refractivity contribution is 5.99. The summed E-state index contributed by atoms with van der Waals surface area (Å²) in [6.07, 6.45) is 9.22. The minimum atomic E-state index is -0.0247. The third kappa shape index (κ3) is 2.65. The second kappa shape index (κ2) is 6.48. The van der Waals surface area contributed by atoms with Gasteiger partial charge in [0.1, 0.15) is 17.3 Å². The molecule has 0 atom stereocenters. The van der Waals surface area contributed by atoms with Crippen LogP contribution in [0.2, 0.25) is 0 Å². The van der Waals surface area contributed by atoms with Crippen LogP contribution in [0.1, 0.15) is 22.5 Å². The number of aromatic nitrogens is 5. The van der Waals surface area contributed by atoms with Gasteiger partial charge in [0.15, 0.2) is 11.5 Å². The number of carbonyl (C=O) groups excluding carboxylic acids is 1. The Balaban J connectivity index is 1.54. The predicted octanol–water partition coefficient (Wildman–Crippen LogP) is 0.687. The number of carbonyl (C=O) groups is 1. The smallest absolute Gasteiger partial charge is 0.259 e. The molecule has 0 unspecified atom stereocenters. The average Bonchev–Trinajstić information content (AvgIpc) is 3.15. The van der Waals surface area contributed by atoms with Gasteiger partial charge in [-0.15, -0.1) is 0 Å². The second-order valence-electron chi connectivity index (χ2n) is 6.21. The Morgan fingerprint density at radius 3 is 2.85 bits per heavy atom. The normalized spacial score (nSPS) is 15.1. The summed E-state index contributed by atoms with van der Waals surface area (Å²) in [5.41, 5.74) is 1.70. The molecule has 0 saturated carbocycles. The summed E-state index contributed by atoms with van der Waals surface area (Å²) in [5.74, 6) is 0.558. The van der Waals surface area contributed by atoms with E-state index < -0.39 is 0 Å². The molecule has 1 aliphatic heterocycles. The zero-order chi connectivity index (χ0) is 18.1. The van der Waals surface area contributed by atoms with Crippen molar-refractivity contribution in [1.82, 2.24) is 29.0 Å². The van der Waals surface area contributed by atoms with Crippen molar-refractivity contribution >= 4 is 17.4 Å². The van der Waals surface area contributed by atoms with Gasteiger partial charge < -0.3 is 14.4 Å². The molecule has 9 heteroatoms. The van der Waals surface area contributed by atoms with Gasteiger partial charge in [-0.05, 0) is 6.42 Å². The maximum absolute atomic E-state index is 13.0. The lowest BCUT2D eigenvalue weighted by atomic mass is 10.2. The minimum absolute atomic E-state index is 0.0247. The van der Waals surface area contributed by atoms with Crippen LogP contribution in [0.4, 0.5) is 5.82 Å². The molecule has 1 fully saturated rings. The molecule has 1 aliphatic rings. The lowest BCUT2D eigenvalue weighted by Gasteiger charge is -2.22. The van der Waals surface area contributed by atoms with E-state index in [-0.39, 0.29) is 5.91 Å². The van der Waals surface area contributed by atoms with E-state index in [4.69, 9.17) is 0 Å². The summed E-state index contributed by atoms with van der Waals surface area (Å²) in [6.45, 7) is 2.54. The van der Waals surface area contributed by atoms with Gasteiger partial charge in [-0.25, -0.2) is 14.5 Å². The summed E-state index contributed by atoms with van der Waals surface area (Å²) >= 11 is 0. The average molecular weight is 350 g/mol. The molecular weight excluding hydrogens is 332 g/mol. The van der Waals surface area contributed by atoms with Crippen molar-refractivity contribution in [2.75, 3.05) is 31.1 Å². The lowest BCUT2D eigenvalue weighted by molar-refractivity contribution is 0.0768. The first kappa shape index (κ1) is 16.1.